The standard InChI is InChI=1S/C15H16N2O4/c1-9-2-3-10-11(15(16)19)7-13(18)17(12(10)6-9)8-14-20-4-5-21-14/h2-3,6-7,14H,4-5,8H2,1H3,(H2,16,19). The fraction of sp³-hybridized carbons (Fsp3) is 0.333. The van der Waals surface area contributed by atoms with Gasteiger partial charge in [0.2, 0.25) is 5.91 Å². The third-order valence-corrected chi connectivity index (χ3v) is 3.56. The second-order valence-electron chi connectivity index (χ2n) is 5.06. The fourth-order valence-electron chi connectivity index (χ4n) is 2.54. The zero-order valence-corrected chi connectivity index (χ0v) is 11.7. The van der Waals surface area contributed by atoms with Crippen molar-refractivity contribution in [3.05, 3.63) is 45.7 Å². The molecule has 6 heteroatoms. The summed E-state index contributed by atoms with van der Waals surface area (Å²) in [6, 6.07) is 6.82. The van der Waals surface area contributed by atoms with Crippen molar-refractivity contribution in [2.24, 2.45) is 5.73 Å². The molecule has 21 heavy (non-hydrogen) atoms. The zero-order valence-electron chi connectivity index (χ0n) is 11.7. The van der Waals surface area contributed by atoms with Crippen molar-refractivity contribution in [3.63, 3.8) is 0 Å². The number of benzene rings is 1. The van der Waals surface area contributed by atoms with Crippen molar-refractivity contribution in [3.8, 4) is 0 Å². The molecule has 1 aromatic heterocycles. The first-order valence-electron chi connectivity index (χ1n) is 6.73. The number of rotatable bonds is 3. The summed E-state index contributed by atoms with van der Waals surface area (Å²) in [6.45, 7) is 3.26. The molecule has 110 valence electrons. The Morgan fingerprint density at radius 1 is 1.33 bits per heavy atom. The van der Waals surface area contributed by atoms with E-state index in [0.717, 1.165) is 5.56 Å². The molecule has 0 bridgehead atoms. The first kappa shape index (κ1) is 13.8. The van der Waals surface area contributed by atoms with Crippen molar-refractivity contribution in [1.29, 1.82) is 0 Å². The van der Waals surface area contributed by atoms with Crippen LogP contribution >= 0.6 is 0 Å². The molecule has 1 amide bonds. The maximum Gasteiger partial charge on any atom is 0.251 e. The minimum Gasteiger partial charge on any atom is -0.366 e. The number of carbonyl (C=O) groups excluding carboxylic acids is 1. The number of aryl methyl sites for hydroxylation is 1. The van der Waals surface area contributed by atoms with Gasteiger partial charge in [-0.25, -0.2) is 0 Å². The van der Waals surface area contributed by atoms with Gasteiger partial charge in [0, 0.05) is 11.5 Å². The van der Waals surface area contributed by atoms with Crippen LogP contribution in [0.5, 0.6) is 0 Å². The Balaban J connectivity index is 2.20. The number of carbonyl (C=O) groups is 1. The third kappa shape index (κ3) is 2.55. The summed E-state index contributed by atoms with van der Waals surface area (Å²) in [7, 11) is 0. The predicted molar refractivity (Wildman–Crippen MR) is 77.2 cm³/mol. The molecule has 0 spiro atoms. The van der Waals surface area contributed by atoms with Crippen molar-refractivity contribution in [2.45, 2.75) is 19.8 Å². The molecule has 0 unspecified atom stereocenters. The Bertz CT molecular complexity index is 760. The smallest absolute Gasteiger partial charge is 0.251 e. The average Bonchev–Trinajstić information content (AvgIpc) is 2.94. The lowest BCUT2D eigenvalue weighted by atomic mass is 10.1. The second kappa shape index (κ2) is 5.31. The maximum absolute atomic E-state index is 12.3. The monoisotopic (exact) mass is 288 g/mol. The normalized spacial score (nSPS) is 15.7. The summed E-state index contributed by atoms with van der Waals surface area (Å²) in [5.41, 5.74) is 6.96. The van der Waals surface area contributed by atoms with Crippen LogP contribution in [0.15, 0.2) is 29.1 Å². The summed E-state index contributed by atoms with van der Waals surface area (Å²) in [6.07, 6.45) is -0.439. The van der Waals surface area contributed by atoms with E-state index in [9.17, 15) is 9.59 Å². The molecule has 2 heterocycles. The lowest BCUT2D eigenvalue weighted by molar-refractivity contribution is -0.0522. The molecule has 1 aliphatic heterocycles. The van der Waals surface area contributed by atoms with Gasteiger partial charge in [-0.1, -0.05) is 12.1 Å². The van der Waals surface area contributed by atoms with Gasteiger partial charge in [-0.3, -0.25) is 9.59 Å². The first-order chi connectivity index (χ1) is 10.1. The topological polar surface area (TPSA) is 83.6 Å². The minimum absolute atomic E-state index is 0.236. The van der Waals surface area contributed by atoms with Crippen LogP contribution < -0.4 is 11.3 Å². The molecule has 1 saturated heterocycles. The van der Waals surface area contributed by atoms with Gasteiger partial charge >= 0.3 is 0 Å². The van der Waals surface area contributed by atoms with Gasteiger partial charge in [0.05, 0.1) is 30.8 Å². The number of nitrogens with zero attached hydrogens (tertiary/aromatic N) is 1. The zero-order chi connectivity index (χ0) is 15.0. The summed E-state index contributed by atoms with van der Waals surface area (Å²) < 4.78 is 12.4. The highest BCUT2D eigenvalue weighted by molar-refractivity contribution is 6.05. The van der Waals surface area contributed by atoms with Gasteiger partial charge in [-0.05, 0) is 18.6 Å². The van der Waals surface area contributed by atoms with E-state index in [1.807, 2.05) is 19.1 Å². The van der Waals surface area contributed by atoms with Crippen LogP contribution in [0.3, 0.4) is 0 Å². The van der Waals surface area contributed by atoms with Crippen LogP contribution in [0.2, 0.25) is 0 Å². The van der Waals surface area contributed by atoms with E-state index < -0.39 is 12.2 Å². The second-order valence-corrected chi connectivity index (χ2v) is 5.06. The number of primary amides is 1. The van der Waals surface area contributed by atoms with Crippen molar-refractivity contribution in [1.82, 2.24) is 4.57 Å². The molecule has 0 aliphatic carbocycles. The Hall–Kier alpha value is -2.18. The van der Waals surface area contributed by atoms with E-state index in [-0.39, 0.29) is 17.7 Å². The summed E-state index contributed by atoms with van der Waals surface area (Å²) in [5, 5.41) is 0.658. The molecule has 1 aromatic carbocycles. The molecular weight excluding hydrogens is 272 g/mol. The van der Waals surface area contributed by atoms with Crippen LogP contribution in [0, 0.1) is 6.92 Å². The van der Waals surface area contributed by atoms with Crippen LogP contribution in [-0.2, 0) is 16.0 Å². The Labute approximate surface area is 121 Å². The van der Waals surface area contributed by atoms with Gasteiger partial charge in [-0.2, -0.15) is 0 Å². The van der Waals surface area contributed by atoms with Gasteiger partial charge in [0.1, 0.15) is 0 Å². The fourth-order valence-corrected chi connectivity index (χ4v) is 2.54. The van der Waals surface area contributed by atoms with Gasteiger partial charge in [-0.15, -0.1) is 0 Å². The maximum atomic E-state index is 12.3. The van der Waals surface area contributed by atoms with Crippen LogP contribution in [-0.4, -0.2) is 30.0 Å². The van der Waals surface area contributed by atoms with Gasteiger partial charge in [0.25, 0.3) is 5.56 Å². The number of nitrogens with two attached hydrogens (primary N) is 1. The molecule has 0 saturated carbocycles. The molecule has 2 aromatic rings. The predicted octanol–water partition coefficient (Wildman–Crippen LogP) is 0.782. The molecular formula is C15H16N2O4. The molecule has 1 aliphatic rings. The molecule has 6 nitrogen and oxygen atoms in total. The van der Waals surface area contributed by atoms with E-state index in [2.05, 4.69) is 0 Å². The average molecular weight is 288 g/mol. The SMILES string of the molecule is Cc1ccc2c(C(N)=O)cc(=O)n(CC3OCCO3)c2c1. The Kier molecular flexibility index (Phi) is 3.48. The number of amides is 1. The number of hydrogen-bond donors (Lipinski definition) is 1. The third-order valence-electron chi connectivity index (χ3n) is 3.56. The quantitative estimate of drug-likeness (QED) is 0.904. The number of hydrogen-bond acceptors (Lipinski definition) is 4. The van der Waals surface area contributed by atoms with E-state index in [0.29, 0.717) is 24.1 Å². The molecule has 3 rings (SSSR count). The van der Waals surface area contributed by atoms with E-state index in [1.54, 1.807) is 10.6 Å². The number of fused-ring (bicyclic) bond motifs is 1. The van der Waals surface area contributed by atoms with Crippen LogP contribution in [0.4, 0.5) is 0 Å². The highest BCUT2D eigenvalue weighted by Crippen LogP contribution is 2.19. The van der Waals surface area contributed by atoms with E-state index >= 15 is 0 Å². The van der Waals surface area contributed by atoms with Gasteiger partial charge in [0.15, 0.2) is 6.29 Å². The van der Waals surface area contributed by atoms with Crippen LogP contribution in [0.1, 0.15) is 15.9 Å². The van der Waals surface area contributed by atoms with Crippen molar-refractivity contribution >= 4 is 16.8 Å². The molecule has 2 N–H and O–H groups in total. The molecule has 0 radical (unpaired) electrons. The molecule has 0 atom stereocenters. The summed E-state index contributed by atoms with van der Waals surface area (Å²) in [5.74, 6) is -0.610. The number of aromatic nitrogens is 1. The van der Waals surface area contributed by atoms with Crippen molar-refractivity contribution in [2.75, 3.05) is 13.2 Å². The highest BCUT2D eigenvalue weighted by atomic mass is 16.7. The Morgan fingerprint density at radius 3 is 2.71 bits per heavy atom. The number of ether oxygens (including phenoxy) is 2. The van der Waals surface area contributed by atoms with E-state index in [4.69, 9.17) is 15.2 Å². The number of pyridine rings is 1. The summed E-state index contributed by atoms with van der Waals surface area (Å²) in [4.78, 5) is 23.8. The summed E-state index contributed by atoms with van der Waals surface area (Å²) >= 11 is 0. The lowest BCUT2D eigenvalue weighted by Crippen LogP contribution is -2.29. The largest absolute Gasteiger partial charge is 0.366 e. The highest BCUT2D eigenvalue weighted by Gasteiger charge is 2.20. The molecule has 1 fully saturated rings. The Morgan fingerprint density at radius 2 is 2.05 bits per heavy atom. The van der Waals surface area contributed by atoms with E-state index in [1.165, 1.54) is 6.07 Å². The minimum atomic E-state index is -0.610. The van der Waals surface area contributed by atoms with Crippen molar-refractivity contribution < 1.29 is 14.3 Å². The van der Waals surface area contributed by atoms with Crippen LogP contribution in [0.25, 0.3) is 10.9 Å². The van der Waals surface area contributed by atoms with Gasteiger partial charge < -0.3 is 19.8 Å². The first-order valence-corrected chi connectivity index (χ1v) is 6.73. The lowest BCUT2D eigenvalue weighted by Gasteiger charge is -2.16.